The van der Waals surface area contributed by atoms with Gasteiger partial charge in [-0.05, 0) is 110 Å². The van der Waals surface area contributed by atoms with Crippen molar-refractivity contribution in [2.75, 3.05) is 4.90 Å². The Hall–Kier alpha value is -7.68. The summed E-state index contributed by atoms with van der Waals surface area (Å²) in [6, 6.07) is 83.7. The van der Waals surface area contributed by atoms with Crippen molar-refractivity contribution in [2.24, 2.45) is 0 Å². The molecule has 0 amide bonds. The highest BCUT2D eigenvalue weighted by atomic mass is 15.1. The molecule has 11 aromatic rings. The van der Waals surface area contributed by atoms with Crippen LogP contribution in [0.3, 0.4) is 0 Å². The van der Waals surface area contributed by atoms with E-state index in [1.54, 1.807) is 0 Å². The van der Waals surface area contributed by atoms with Gasteiger partial charge in [-0.1, -0.05) is 170 Å². The van der Waals surface area contributed by atoms with Crippen molar-refractivity contribution in [1.82, 2.24) is 4.57 Å². The minimum absolute atomic E-state index is 1.09. The molecule has 0 bridgehead atoms. The fraction of sp³-hybridized carbons (Fsp3) is 0. The summed E-state index contributed by atoms with van der Waals surface area (Å²) in [6.07, 6.45) is 0. The van der Waals surface area contributed by atoms with Gasteiger partial charge < -0.3 is 9.47 Å². The van der Waals surface area contributed by atoms with Gasteiger partial charge in [0.25, 0.3) is 0 Å². The molecule has 0 unspecified atom stereocenters. The predicted molar refractivity (Wildman–Crippen MR) is 247 cm³/mol. The number of rotatable bonds is 7. The van der Waals surface area contributed by atoms with Gasteiger partial charge in [-0.3, -0.25) is 0 Å². The first-order valence-corrected chi connectivity index (χ1v) is 19.9. The van der Waals surface area contributed by atoms with Crippen molar-refractivity contribution < 1.29 is 0 Å². The Labute approximate surface area is 338 Å². The normalized spacial score (nSPS) is 11.4. The number of hydrogen-bond donors (Lipinski definition) is 0. The van der Waals surface area contributed by atoms with Crippen LogP contribution in [0, 0.1) is 0 Å². The number of fused-ring (bicyclic) bond motifs is 6. The lowest BCUT2D eigenvalue weighted by Gasteiger charge is -2.29. The van der Waals surface area contributed by atoms with Gasteiger partial charge in [-0.2, -0.15) is 0 Å². The second-order valence-corrected chi connectivity index (χ2v) is 14.9. The molecule has 2 nitrogen and oxygen atoms in total. The summed E-state index contributed by atoms with van der Waals surface area (Å²) in [4.78, 5) is 2.41. The third-order valence-electron chi connectivity index (χ3n) is 11.6. The van der Waals surface area contributed by atoms with Gasteiger partial charge in [-0.15, -0.1) is 0 Å². The van der Waals surface area contributed by atoms with Gasteiger partial charge in [0.2, 0.25) is 0 Å². The maximum atomic E-state index is 2.41. The summed E-state index contributed by atoms with van der Waals surface area (Å²) in [5.41, 5.74) is 14.0. The number of benzene rings is 10. The zero-order valence-electron chi connectivity index (χ0n) is 31.8. The van der Waals surface area contributed by atoms with E-state index in [1.165, 1.54) is 76.7 Å². The van der Waals surface area contributed by atoms with Crippen molar-refractivity contribution >= 4 is 60.4 Å². The molecular weight excluding hydrogens is 701 g/mol. The minimum atomic E-state index is 1.09. The van der Waals surface area contributed by atoms with Gasteiger partial charge in [0, 0.05) is 33.4 Å². The molecule has 10 aromatic carbocycles. The molecule has 0 saturated heterocycles. The van der Waals surface area contributed by atoms with E-state index >= 15 is 0 Å². The number of para-hydroxylation sites is 3. The first kappa shape index (κ1) is 33.6. The molecule has 0 atom stereocenters. The van der Waals surface area contributed by atoms with Gasteiger partial charge in [0.15, 0.2) is 0 Å². The molecule has 1 heterocycles. The van der Waals surface area contributed by atoms with Gasteiger partial charge >= 0.3 is 0 Å². The Kier molecular flexibility index (Phi) is 8.19. The Balaban J connectivity index is 1.06. The molecule has 0 saturated carbocycles. The molecule has 272 valence electrons. The van der Waals surface area contributed by atoms with Crippen molar-refractivity contribution in [3.63, 3.8) is 0 Å². The van der Waals surface area contributed by atoms with Gasteiger partial charge in [-0.25, -0.2) is 0 Å². The monoisotopic (exact) mass is 738 g/mol. The highest BCUT2D eigenvalue weighted by molar-refractivity contribution is 6.15. The quantitative estimate of drug-likeness (QED) is 0.148. The average molecular weight is 739 g/mol. The molecule has 0 aliphatic rings. The van der Waals surface area contributed by atoms with E-state index in [2.05, 4.69) is 240 Å². The van der Waals surface area contributed by atoms with Crippen LogP contribution in [-0.4, -0.2) is 4.57 Å². The van der Waals surface area contributed by atoms with Crippen LogP contribution in [0.1, 0.15) is 0 Å². The summed E-state index contributed by atoms with van der Waals surface area (Å²) in [5.74, 6) is 0. The summed E-state index contributed by atoms with van der Waals surface area (Å²) < 4.78 is 2.38. The number of aromatic nitrogens is 1. The first-order chi connectivity index (χ1) is 28.8. The van der Waals surface area contributed by atoms with E-state index in [0.29, 0.717) is 0 Å². The molecule has 0 fully saturated rings. The lowest BCUT2D eigenvalue weighted by Crippen LogP contribution is -2.11. The Morgan fingerprint density at radius 2 is 0.741 bits per heavy atom. The molecule has 58 heavy (non-hydrogen) atoms. The minimum Gasteiger partial charge on any atom is -0.310 e. The highest BCUT2D eigenvalue weighted by Crippen LogP contribution is 2.45. The average Bonchev–Trinajstić information content (AvgIpc) is 3.64. The van der Waals surface area contributed by atoms with Crippen molar-refractivity contribution in [3.8, 4) is 39.1 Å². The zero-order chi connectivity index (χ0) is 38.4. The van der Waals surface area contributed by atoms with E-state index in [9.17, 15) is 0 Å². The van der Waals surface area contributed by atoms with Crippen LogP contribution in [0.25, 0.3) is 82.4 Å². The van der Waals surface area contributed by atoms with Crippen LogP contribution in [0.2, 0.25) is 0 Å². The van der Waals surface area contributed by atoms with Crippen molar-refractivity contribution in [2.45, 2.75) is 0 Å². The Morgan fingerprint density at radius 1 is 0.293 bits per heavy atom. The van der Waals surface area contributed by atoms with Crippen LogP contribution in [0.4, 0.5) is 17.1 Å². The molecule has 0 aliphatic carbocycles. The maximum absolute atomic E-state index is 2.41. The highest BCUT2D eigenvalue weighted by Gasteiger charge is 2.20. The fourth-order valence-corrected chi connectivity index (χ4v) is 8.84. The number of anilines is 3. The van der Waals surface area contributed by atoms with Crippen LogP contribution in [-0.2, 0) is 0 Å². The Morgan fingerprint density at radius 3 is 1.38 bits per heavy atom. The van der Waals surface area contributed by atoms with Crippen molar-refractivity contribution in [1.29, 1.82) is 0 Å². The molecule has 0 aliphatic heterocycles. The molecule has 11 rings (SSSR count). The smallest absolute Gasteiger partial charge is 0.0541 e. The van der Waals surface area contributed by atoms with E-state index in [1.807, 2.05) is 0 Å². The number of nitrogens with zero attached hydrogens (tertiary/aromatic N) is 2. The lowest BCUT2D eigenvalue weighted by molar-refractivity contribution is 1.17. The molecule has 1 aromatic heterocycles. The molecule has 2 heteroatoms. The molecular formula is C56H38N2. The third-order valence-corrected chi connectivity index (χ3v) is 11.6. The summed E-state index contributed by atoms with van der Waals surface area (Å²) >= 11 is 0. The van der Waals surface area contributed by atoms with Crippen LogP contribution in [0.15, 0.2) is 231 Å². The largest absolute Gasteiger partial charge is 0.310 e. The SMILES string of the molecule is c1ccc(-c2ccc(-c3ccc(N(c4ccc(-n5c6ccccc6c6ccccc65)cc4)c4ccccc4-c4cc5ccccc5c5ccccc45)cc3)cc2)cc1. The molecule has 0 N–H and O–H groups in total. The second-order valence-electron chi connectivity index (χ2n) is 14.9. The van der Waals surface area contributed by atoms with Gasteiger partial charge in [0.05, 0.1) is 16.7 Å². The second kappa shape index (κ2) is 14.1. The van der Waals surface area contributed by atoms with E-state index < -0.39 is 0 Å². The summed E-state index contributed by atoms with van der Waals surface area (Å²) in [5, 5.41) is 7.52. The third kappa shape index (κ3) is 5.74. The van der Waals surface area contributed by atoms with Crippen LogP contribution < -0.4 is 4.90 Å². The predicted octanol–water partition coefficient (Wildman–Crippen LogP) is 15.6. The Bertz CT molecular complexity index is 3200. The zero-order valence-corrected chi connectivity index (χ0v) is 31.8. The van der Waals surface area contributed by atoms with Gasteiger partial charge in [0.1, 0.15) is 0 Å². The van der Waals surface area contributed by atoms with Crippen LogP contribution in [0.5, 0.6) is 0 Å². The first-order valence-electron chi connectivity index (χ1n) is 19.9. The summed E-state index contributed by atoms with van der Waals surface area (Å²) in [7, 11) is 0. The van der Waals surface area contributed by atoms with Crippen LogP contribution >= 0.6 is 0 Å². The summed E-state index contributed by atoms with van der Waals surface area (Å²) in [6.45, 7) is 0. The topological polar surface area (TPSA) is 8.17 Å². The van der Waals surface area contributed by atoms with E-state index in [0.717, 1.165) is 22.7 Å². The number of hydrogen-bond acceptors (Lipinski definition) is 1. The van der Waals surface area contributed by atoms with E-state index in [-0.39, 0.29) is 0 Å². The standard InChI is InChI=1S/C56H38N2/c1-2-14-39(15-3-1)40-26-28-41(29-27-40)42-30-32-44(33-31-42)57(45-34-36-46(37-35-45)58-55-24-12-8-20-50(55)51-21-9-13-25-56(51)58)54-23-11-10-22-52(54)53-38-43-16-4-5-17-47(43)48-18-6-7-19-49(48)53/h1-38H. The van der Waals surface area contributed by atoms with Crippen molar-refractivity contribution in [3.05, 3.63) is 231 Å². The molecule has 0 spiro atoms. The molecule has 0 radical (unpaired) electrons. The fourth-order valence-electron chi connectivity index (χ4n) is 8.84. The lowest BCUT2D eigenvalue weighted by atomic mass is 9.92. The van der Waals surface area contributed by atoms with E-state index in [4.69, 9.17) is 0 Å². The maximum Gasteiger partial charge on any atom is 0.0541 e.